The SMILES string of the molecule is COc1cccc(-c2cnc(Cl)n2C)c1OC. The molecule has 0 fully saturated rings. The second kappa shape index (κ2) is 4.67. The number of benzene rings is 1. The summed E-state index contributed by atoms with van der Waals surface area (Å²) in [5.41, 5.74) is 1.78. The predicted octanol–water partition coefficient (Wildman–Crippen LogP) is 2.76. The standard InChI is InChI=1S/C12H13ClN2O2/c1-15-9(7-14-12(15)13)8-5-4-6-10(16-2)11(8)17-3/h4-7H,1-3H3. The van der Waals surface area contributed by atoms with Crippen molar-refractivity contribution < 1.29 is 9.47 Å². The molecule has 0 unspecified atom stereocenters. The average molecular weight is 253 g/mol. The minimum absolute atomic E-state index is 0.435. The van der Waals surface area contributed by atoms with E-state index in [0.29, 0.717) is 16.8 Å². The van der Waals surface area contributed by atoms with E-state index in [1.165, 1.54) is 0 Å². The third-order valence-corrected chi connectivity index (χ3v) is 2.96. The zero-order chi connectivity index (χ0) is 12.4. The number of aromatic nitrogens is 2. The van der Waals surface area contributed by atoms with Gasteiger partial charge in [0.05, 0.1) is 26.1 Å². The van der Waals surface area contributed by atoms with Crippen molar-refractivity contribution in [2.75, 3.05) is 14.2 Å². The maximum absolute atomic E-state index is 5.93. The van der Waals surface area contributed by atoms with Gasteiger partial charge in [-0.1, -0.05) is 6.07 Å². The number of rotatable bonds is 3. The summed E-state index contributed by atoms with van der Waals surface area (Å²) in [6, 6.07) is 5.69. The van der Waals surface area contributed by atoms with E-state index >= 15 is 0 Å². The van der Waals surface area contributed by atoms with E-state index < -0.39 is 0 Å². The first-order chi connectivity index (χ1) is 8.19. The number of imidazole rings is 1. The zero-order valence-electron chi connectivity index (χ0n) is 9.90. The van der Waals surface area contributed by atoms with Crippen LogP contribution >= 0.6 is 11.6 Å². The highest BCUT2D eigenvalue weighted by molar-refractivity contribution is 6.28. The van der Waals surface area contributed by atoms with Crippen LogP contribution in [0, 0.1) is 0 Å². The van der Waals surface area contributed by atoms with Crippen LogP contribution in [-0.4, -0.2) is 23.8 Å². The highest BCUT2D eigenvalue weighted by Crippen LogP contribution is 2.38. The molecule has 5 heteroatoms. The maximum atomic E-state index is 5.93. The summed E-state index contributed by atoms with van der Waals surface area (Å²) in [7, 11) is 5.07. The Morgan fingerprint density at radius 3 is 2.53 bits per heavy atom. The summed E-state index contributed by atoms with van der Waals surface area (Å²) in [6.07, 6.45) is 1.71. The molecule has 0 aliphatic carbocycles. The van der Waals surface area contributed by atoms with Crippen LogP contribution in [0.25, 0.3) is 11.3 Å². The summed E-state index contributed by atoms with van der Waals surface area (Å²) in [6.45, 7) is 0. The van der Waals surface area contributed by atoms with Crippen LogP contribution in [0.1, 0.15) is 0 Å². The fourth-order valence-electron chi connectivity index (χ4n) is 1.73. The molecule has 2 rings (SSSR count). The molecule has 0 aliphatic heterocycles. The summed E-state index contributed by atoms with van der Waals surface area (Å²) < 4.78 is 12.4. The van der Waals surface area contributed by atoms with Crippen LogP contribution < -0.4 is 9.47 Å². The van der Waals surface area contributed by atoms with E-state index in [1.807, 2.05) is 25.2 Å². The second-order valence-corrected chi connectivity index (χ2v) is 3.85. The first-order valence-electron chi connectivity index (χ1n) is 5.07. The topological polar surface area (TPSA) is 36.3 Å². The van der Waals surface area contributed by atoms with Gasteiger partial charge in [-0.05, 0) is 23.7 Å². The lowest BCUT2D eigenvalue weighted by molar-refractivity contribution is 0.356. The van der Waals surface area contributed by atoms with Crippen molar-refractivity contribution in [3.05, 3.63) is 29.7 Å². The lowest BCUT2D eigenvalue weighted by Crippen LogP contribution is -1.96. The van der Waals surface area contributed by atoms with Crippen LogP contribution in [-0.2, 0) is 7.05 Å². The first kappa shape index (κ1) is 11.8. The summed E-state index contributed by atoms with van der Waals surface area (Å²) in [4.78, 5) is 4.06. The molecular weight excluding hydrogens is 240 g/mol. The van der Waals surface area contributed by atoms with Gasteiger partial charge in [0.1, 0.15) is 0 Å². The number of halogens is 1. The molecule has 0 amide bonds. The number of hydrogen-bond acceptors (Lipinski definition) is 3. The molecule has 17 heavy (non-hydrogen) atoms. The molecule has 4 nitrogen and oxygen atoms in total. The van der Waals surface area contributed by atoms with E-state index in [2.05, 4.69) is 4.98 Å². The van der Waals surface area contributed by atoms with Gasteiger partial charge in [-0.15, -0.1) is 0 Å². The fourth-order valence-corrected chi connectivity index (χ4v) is 1.87. The number of methoxy groups -OCH3 is 2. The van der Waals surface area contributed by atoms with Gasteiger partial charge in [-0.2, -0.15) is 0 Å². The normalized spacial score (nSPS) is 10.4. The van der Waals surface area contributed by atoms with Crippen LogP contribution in [0.2, 0.25) is 5.28 Å². The lowest BCUT2D eigenvalue weighted by atomic mass is 10.1. The molecule has 0 aliphatic rings. The van der Waals surface area contributed by atoms with Crippen LogP contribution in [0.15, 0.2) is 24.4 Å². The number of hydrogen-bond donors (Lipinski definition) is 0. The molecular formula is C12H13ClN2O2. The van der Waals surface area contributed by atoms with E-state index in [0.717, 1.165) is 11.3 Å². The van der Waals surface area contributed by atoms with Crippen molar-refractivity contribution >= 4 is 11.6 Å². The Balaban J connectivity index is 2.63. The molecule has 0 saturated carbocycles. The fraction of sp³-hybridized carbons (Fsp3) is 0.250. The van der Waals surface area contributed by atoms with Gasteiger partial charge in [0.2, 0.25) is 5.28 Å². The first-order valence-corrected chi connectivity index (χ1v) is 5.45. The maximum Gasteiger partial charge on any atom is 0.202 e. The smallest absolute Gasteiger partial charge is 0.202 e. The largest absolute Gasteiger partial charge is 0.493 e. The summed E-state index contributed by atoms with van der Waals surface area (Å²) >= 11 is 5.93. The molecule has 0 saturated heterocycles. The summed E-state index contributed by atoms with van der Waals surface area (Å²) in [5.74, 6) is 1.36. The van der Waals surface area contributed by atoms with E-state index in [9.17, 15) is 0 Å². The van der Waals surface area contributed by atoms with Gasteiger partial charge >= 0.3 is 0 Å². The molecule has 0 spiro atoms. The zero-order valence-corrected chi connectivity index (χ0v) is 10.7. The minimum Gasteiger partial charge on any atom is -0.493 e. The molecule has 90 valence electrons. The Morgan fingerprint density at radius 2 is 2.00 bits per heavy atom. The number of para-hydroxylation sites is 1. The lowest BCUT2D eigenvalue weighted by Gasteiger charge is -2.12. The van der Waals surface area contributed by atoms with Crippen molar-refractivity contribution in [3.8, 4) is 22.8 Å². The Kier molecular flexibility index (Phi) is 3.24. The van der Waals surface area contributed by atoms with Gasteiger partial charge in [0.15, 0.2) is 11.5 Å². The Hall–Kier alpha value is -1.68. The highest BCUT2D eigenvalue weighted by atomic mass is 35.5. The van der Waals surface area contributed by atoms with E-state index in [1.54, 1.807) is 25.0 Å². The van der Waals surface area contributed by atoms with Crippen LogP contribution in [0.3, 0.4) is 0 Å². The molecule has 1 aromatic carbocycles. The van der Waals surface area contributed by atoms with Crippen molar-refractivity contribution in [2.24, 2.45) is 7.05 Å². The summed E-state index contributed by atoms with van der Waals surface area (Å²) in [5, 5.41) is 0.435. The Morgan fingerprint density at radius 1 is 1.24 bits per heavy atom. The third kappa shape index (κ3) is 1.96. The molecule has 1 aromatic heterocycles. The Labute approximate surface area is 105 Å². The number of ether oxygens (including phenoxy) is 2. The molecule has 2 aromatic rings. The van der Waals surface area contributed by atoms with Crippen molar-refractivity contribution in [2.45, 2.75) is 0 Å². The molecule has 0 bridgehead atoms. The predicted molar refractivity (Wildman–Crippen MR) is 66.8 cm³/mol. The van der Waals surface area contributed by atoms with Crippen molar-refractivity contribution in [1.29, 1.82) is 0 Å². The van der Waals surface area contributed by atoms with Crippen LogP contribution in [0.4, 0.5) is 0 Å². The van der Waals surface area contributed by atoms with Crippen molar-refractivity contribution in [3.63, 3.8) is 0 Å². The van der Waals surface area contributed by atoms with E-state index in [-0.39, 0.29) is 0 Å². The number of nitrogens with zero attached hydrogens (tertiary/aromatic N) is 2. The van der Waals surface area contributed by atoms with Gasteiger partial charge in [0.25, 0.3) is 0 Å². The highest BCUT2D eigenvalue weighted by Gasteiger charge is 2.15. The van der Waals surface area contributed by atoms with E-state index in [4.69, 9.17) is 21.1 Å². The third-order valence-electron chi connectivity index (χ3n) is 2.61. The van der Waals surface area contributed by atoms with Crippen LogP contribution in [0.5, 0.6) is 11.5 Å². The molecule has 0 radical (unpaired) electrons. The van der Waals surface area contributed by atoms with Gasteiger partial charge in [0, 0.05) is 12.6 Å². The average Bonchev–Trinajstić information content (AvgIpc) is 2.69. The Bertz CT molecular complexity index is 537. The molecule has 0 atom stereocenters. The van der Waals surface area contributed by atoms with Crippen molar-refractivity contribution in [1.82, 2.24) is 9.55 Å². The minimum atomic E-state index is 0.435. The molecule has 0 N–H and O–H groups in total. The van der Waals surface area contributed by atoms with Gasteiger partial charge in [-0.25, -0.2) is 4.98 Å². The second-order valence-electron chi connectivity index (χ2n) is 3.51. The monoisotopic (exact) mass is 252 g/mol. The van der Waals surface area contributed by atoms with Gasteiger partial charge in [-0.3, -0.25) is 0 Å². The molecule has 1 heterocycles. The quantitative estimate of drug-likeness (QED) is 0.843. The van der Waals surface area contributed by atoms with Gasteiger partial charge < -0.3 is 14.0 Å².